The summed E-state index contributed by atoms with van der Waals surface area (Å²) in [6.45, 7) is 4.76. The summed E-state index contributed by atoms with van der Waals surface area (Å²) >= 11 is 19.1. The van der Waals surface area contributed by atoms with Crippen molar-refractivity contribution in [2.75, 3.05) is 5.32 Å². The maximum atomic E-state index is 12.3. The van der Waals surface area contributed by atoms with Crippen molar-refractivity contribution in [2.45, 2.75) is 26.8 Å². The number of nitrogens with zero attached hydrogens (tertiary/aromatic N) is 2. The molecule has 0 aliphatic rings. The first kappa shape index (κ1) is 21.0. The summed E-state index contributed by atoms with van der Waals surface area (Å²) < 4.78 is 7.88. The van der Waals surface area contributed by atoms with Crippen molar-refractivity contribution >= 4 is 57.4 Å². The smallest absolute Gasteiger partial charge is 0.393 e. The summed E-state index contributed by atoms with van der Waals surface area (Å²) in [5.74, 6) is 0.904. The van der Waals surface area contributed by atoms with Crippen LogP contribution in [0.15, 0.2) is 36.7 Å². The molecule has 28 heavy (non-hydrogen) atoms. The van der Waals surface area contributed by atoms with Crippen LogP contribution in [0, 0.1) is 5.92 Å². The molecule has 0 fully saturated rings. The quantitative estimate of drug-likeness (QED) is 0.444. The molecule has 1 N–H and O–H groups in total. The largest absolute Gasteiger partial charge is 0.420 e. The zero-order valence-corrected chi connectivity index (χ0v) is 18.3. The van der Waals surface area contributed by atoms with Gasteiger partial charge in [-0.3, -0.25) is 5.32 Å². The average molecular weight is 459 g/mol. The maximum Gasteiger partial charge on any atom is 0.420 e. The summed E-state index contributed by atoms with van der Waals surface area (Å²) in [4.78, 5) is 16.3. The second-order valence-corrected chi connectivity index (χ2v) is 9.12. The van der Waals surface area contributed by atoms with Gasteiger partial charge in [0, 0.05) is 12.3 Å². The molecule has 1 aromatic carbocycles. The van der Waals surface area contributed by atoms with Gasteiger partial charge in [0.1, 0.15) is 4.34 Å². The minimum atomic E-state index is -0.629. The third-order valence-electron chi connectivity index (χ3n) is 3.78. The number of hydrogen-bond donors (Lipinski definition) is 1. The highest BCUT2D eigenvalue weighted by Crippen LogP contribution is 2.27. The van der Waals surface area contributed by atoms with Gasteiger partial charge in [0.15, 0.2) is 5.13 Å². The Bertz CT molecular complexity index is 985. The van der Waals surface area contributed by atoms with Crippen LogP contribution in [0.5, 0.6) is 5.88 Å². The molecule has 0 bridgehead atoms. The zero-order valence-electron chi connectivity index (χ0n) is 15.2. The second-order valence-electron chi connectivity index (χ2n) is 6.64. The molecule has 9 heteroatoms. The third-order valence-corrected chi connectivity index (χ3v) is 5.55. The van der Waals surface area contributed by atoms with Crippen molar-refractivity contribution in [2.24, 2.45) is 5.92 Å². The lowest BCUT2D eigenvalue weighted by molar-refractivity contribution is 0.211. The van der Waals surface area contributed by atoms with Gasteiger partial charge in [-0.1, -0.05) is 66.1 Å². The van der Waals surface area contributed by atoms with Crippen molar-refractivity contribution in [1.82, 2.24) is 9.55 Å². The zero-order chi connectivity index (χ0) is 20.3. The number of rotatable bonds is 6. The highest BCUT2D eigenvalue weighted by Gasteiger charge is 2.15. The van der Waals surface area contributed by atoms with Crippen LogP contribution >= 0.6 is 46.1 Å². The van der Waals surface area contributed by atoms with Gasteiger partial charge in [-0.15, -0.1) is 0 Å². The van der Waals surface area contributed by atoms with E-state index in [-0.39, 0.29) is 0 Å². The van der Waals surface area contributed by atoms with Crippen molar-refractivity contribution in [3.05, 3.63) is 62.2 Å². The first-order chi connectivity index (χ1) is 13.3. The first-order valence-electron chi connectivity index (χ1n) is 8.53. The number of amides is 1. The standard InChI is InChI=1S/C19H18Cl3N3O2S/c1-11(2)5-13-7-17(27-19(26)24-18-23-8-16(22)28-18)25(10-13)9-12-3-4-14(20)15(21)6-12/h3-4,6-8,10-11H,5,9H2,1-2H3,(H,23,24,26). The Balaban J connectivity index is 1.80. The van der Waals surface area contributed by atoms with Gasteiger partial charge in [0.2, 0.25) is 5.88 Å². The Morgan fingerprint density at radius 3 is 2.64 bits per heavy atom. The Hall–Kier alpha value is -1.73. The fourth-order valence-electron chi connectivity index (χ4n) is 2.69. The van der Waals surface area contributed by atoms with Crippen molar-refractivity contribution in [1.29, 1.82) is 0 Å². The summed E-state index contributed by atoms with van der Waals surface area (Å²) in [5, 5.41) is 3.93. The van der Waals surface area contributed by atoms with Crippen LogP contribution in [0.2, 0.25) is 14.4 Å². The number of carbonyl (C=O) groups excluding carboxylic acids is 1. The lowest BCUT2D eigenvalue weighted by Gasteiger charge is -2.10. The van der Waals surface area contributed by atoms with Crippen molar-refractivity contribution < 1.29 is 9.53 Å². The van der Waals surface area contributed by atoms with Crippen LogP contribution in [0.25, 0.3) is 0 Å². The number of aromatic nitrogens is 2. The van der Waals surface area contributed by atoms with E-state index in [9.17, 15) is 4.79 Å². The minimum Gasteiger partial charge on any atom is -0.393 e. The van der Waals surface area contributed by atoms with E-state index in [0.717, 1.165) is 28.9 Å². The molecule has 0 saturated carbocycles. The van der Waals surface area contributed by atoms with E-state index in [0.29, 0.717) is 37.9 Å². The Morgan fingerprint density at radius 2 is 2.00 bits per heavy atom. The van der Waals surface area contributed by atoms with Crippen LogP contribution in [-0.2, 0) is 13.0 Å². The van der Waals surface area contributed by atoms with Crippen LogP contribution in [0.1, 0.15) is 25.0 Å². The van der Waals surface area contributed by atoms with E-state index in [4.69, 9.17) is 39.5 Å². The highest BCUT2D eigenvalue weighted by molar-refractivity contribution is 7.19. The number of thiazole rings is 1. The SMILES string of the molecule is CC(C)Cc1cc(OC(=O)Nc2ncc(Cl)s2)n(Cc2ccc(Cl)c(Cl)c2)c1. The third kappa shape index (κ3) is 5.64. The first-order valence-corrected chi connectivity index (χ1v) is 10.5. The van der Waals surface area contributed by atoms with Crippen LogP contribution in [0.4, 0.5) is 9.93 Å². The van der Waals surface area contributed by atoms with E-state index >= 15 is 0 Å². The molecule has 0 aliphatic heterocycles. The normalized spacial score (nSPS) is 11.1. The molecule has 0 unspecified atom stereocenters. The molecular weight excluding hydrogens is 441 g/mol. The van der Waals surface area contributed by atoms with Gasteiger partial charge in [0.25, 0.3) is 0 Å². The van der Waals surface area contributed by atoms with E-state index < -0.39 is 6.09 Å². The Kier molecular flexibility index (Phi) is 6.88. The fourth-order valence-corrected chi connectivity index (χ4v) is 3.81. The van der Waals surface area contributed by atoms with Gasteiger partial charge >= 0.3 is 6.09 Å². The fraction of sp³-hybridized carbons (Fsp3) is 0.263. The molecule has 2 heterocycles. The molecule has 0 radical (unpaired) electrons. The van der Waals surface area contributed by atoms with Gasteiger partial charge in [0.05, 0.1) is 22.8 Å². The average Bonchev–Trinajstić information content (AvgIpc) is 3.16. The highest BCUT2D eigenvalue weighted by atomic mass is 35.5. The minimum absolute atomic E-state index is 0.375. The van der Waals surface area contributed by atoms with Crippen LogP contribution < -0.4 is 10.1 Å². The van der Waals surface area contributed by atoms with Crippen molar-refractivity contribution in [3.63, 3.8) is 0 Å². The Morgan fingerprint density at radius 1 is 1.21 bits per heavy atom. The summed E-state index contributed by atoms with van der Waals surface area (Å²) in [5.41, 5.74) is 2.02. The van der Waals surface area contributed by atoms with E-state index in [2.05, 4.69) is 24.1 Å². The molecular formula is C19H18Cl3N3O2S. The monoisotopic (exact) mass is 457 g/mol. The summed E-state index contributed by atoms with van der Waals surface area (Å²) in [7, 11) is 0. The molecule has 3 rings (SSSR count). The predicted octanol–water partition coefficient (Wildman–Crippen LogP) is 6.76. The Labute approximate surface area is 182 Å². The van der Waals surface area contributed by atoms with Gasteiger partial charge in [-0.05, 0) is 35.6 Å². The molecule has 2 aromatic heterocycles. The number of halogens is 3. The number of nitrogens with one attached hydrogen (secondary N) is 1. The topological polar surface area (TPSA) is 56.1 Å². The second kappa shape index (κ2) is 9.18. The molecule has 0 aliphatic carbocycles. The maximum absolute atomic E-state index is 12.3. The lowest BCUT2D eigenvalue weighted by Crippen LogP contribution is -2.18. The number of hydrogen-bond acceptors (Lipinski definition) is 4. The molecule has 0 spiro atoms. The molecule has 1 amide bonds. The van der Waals surface area contributed by atoms with E-state index in [1.807, 2.05) is 22.9 Å². The molecule has 0 saturated heterocycles. The van der Waals surface area contributed by atoms with Gasteiger partial charge in [-0.25, -0.2) is 9.78 Å². The summed E-state index contributed by atoms with van der Waals surface area (Å²) in [6, 6.07) is 7.30. The van der Waals surface area contributed by atoms with Crippen molar-refractivity contribution in [3.8, 4) is 5.88 Å². The number of carbonyl (C=O) groups is 1. The summed E-state index contributed by atoms with van der Waals surface area (Å²) in [6.07, 6.45) is 3.69. The van der Waals surface area contributed by atoms with E-state index in [1.54, 1.807) is 12.1 Å². The molecule has 3 aromatic rings. The van der Waals surface area contributed by atoms with Crippen LogP contribution in [-0.4, -0.2) is 15.6 Å². The van der Waals surface area contributed by atoms with Crippen LogP contribution in [0.3, 0.4) is 0 Å². The number of ether oxygens (including phenoxy) is 1. The lowest BCUT2D eigenvalue weighted by atomic mass is 10.1. The van der Waals surface area contributed by atoms with Gasteiger partial charge < -0.3 is 9.30 Å². The number of anilines is 1. The molecule has 5 nitrogen and oxygen atoms in total. The predicted molar refractivity (Wildman–Crippen MR) is 115 cm³/mol. The van der Waals surface area contributed by atoms with E-state index in [1.165, 1.54) is 6.20 Å². The number of benzene rings is 1. The molecule has 0 atom stereocenters. The molecule has 148 valence electrons. The van der Waals surface area contributed by atoms with Gasteiger partial charge in [-0.2, -0.15) is 0 Å².